The fraction of sp³-hybridized carbons (Fsp3) is 0.318. The van der Waals surface area contributed by atoms with E-state index in [1.165, 1.54) is 18.1 Å². The van der Waals surface area contributed by atoms with Gasteiger partial charge in [0.25, 0.3) is 5.91 Å². The largest absolute Gasteiger partial charge is 0.365 e. The molecule has 0 atom stereocenters. The first-order chi connectivity index (χ1) is 14.5. The maximum absolute atomic E-state index is 12.5. The van der Waals surface area contributed by atoms with Gasteiger partial charge in [0, 0.05) is 36.5 Å². The number of hydrogen-bond donors (Lipinski definition) is 3. The number of fused-ring (bicyclic) bond motifs is 1. The number of nitrogens with zero attached hydrogens (tertiary/aromatic N) is 3. The molecular formula is C22H24N6OS. The predicted octanol–water partition coefficient (Wildman–Crippen LogP) is 4.22. The average Bonchev–Trinajstić information content (AvgIpc) is 3.39. The van der Waals surface area contributed by atoms with Crippen LogP contribution in [-0.2, 0) is 6.54 Å². The highest BCUT2D eigenvalue weighted by molar-refractivity contribution is 8.15. The molecule has 0 bridgehead atoms. The van der Waals surface area contributed by atoms with Crippen LogP contribution >= 0.6 is 11.8 Å². The van der Waals surface area contributed by atoms with E-state index in [9.17, 15) is 4.79 Å². The molecule has 1 saturated heterocycles. The van der Waals surface area contributed by atoms with Crippen LogP contribution in [0.2, 0.25) is 0 Å². The second kappa shape index (κ2) is 8.39. The lowest BCUT2D eigenvalue weighted by Crippen LogP contribution is -2.27. The molecular weight excluding hydrogens is 396 g/mol. The molecule has 1 aromatic carbocycles. The first kappa shape index (κ1) is 20.3. The number of amides is 1. The van der Waals surface area contributed by atoms with Crippen molar-refractivity contribution in [1.29, 1.82) is 10.8 Å². The van der Waals surface area contributed by atoms with Crippen molar-refractivity contribution >= 4 is 39.8 Å². The minimum absolute atomic E-state index is 0.103. The average molecular weight is 421 g/mol. The number of thioether (sulfide) groups is 1. The van der Waals surface area contributed by atoms with Crippen molar-refractivity contribution in [1.82, 2.24) is 14.9 Å². The van der Waals surface area contributed by atoms with E-state index in [-0.39, 0.29) is 5.91 Å². The second-order valence-electron chi connectivity index (χ2n) is 7.51. The minimum atomic E-state index is 0.103. The van der Waals surface area contributed by atoms with E-state index in [1.807, 2.05) is 36.1 Å². The van der Waals surface area contributed by atoms with Gasteiger partial charge in [0.2, 0.25) is 0 Å². The summed E-state index contributed by atoms with van der Waals surface area (Å²) in [6, 6.07) is 7.68. The number of anilines is 1. The maximum atomic E-state index is 12.5. The summed E-state index contributed by atoms with van der Waals surface area (Å²) >= 11 is 1.32. The Morgan fingerprint density at radius 1 is 1.17 bits per heavy atom. The van der Waals surface area contributed by atoms with Crippen LogP contribution in [-0.4, -0.2) is 44.6 Å². The SMILES string of the molecule is CC(=N)/C(C)=C1\C(=N)Sc2c(NCc3ccc(C(=O)N4CCCC4)cc3)ncnc21. The summed E-state index contributed by atoms with van der Waals surface area (Å²) in [6.07, 6.45) is 3.66. The zero-order chi connectivity index (χ0) is 21.3. The van der Waals surface area contributed by atoms with Gasteiger partial charge in [0.15, 0.2) is 0 Å². The van der Waals surface area contributed by atoms with Crippen molar-refractivity contribution in [3.8, 4) is 0 Å². The molecule has 0 saturated carbocycles. The van der Waals surface area contributed by atoms with Crippen LogP contribution in [0.3, 0.4) is 0 Å². The molecule has 30 heavy (non-hydrogen) atoms. The number of carbonyl (C=O) groups excluding carboxylic acids is 1. The summed E-state index contributed by atoms with van der Waals surface area (Å²) in [4.78, 5) is 23.9. The molecule has 1 amide bonds. The normalized spacial score (nSPS) is 17.1. The third-order valence-electron chi connectivity index (χ3n) is 5.46. The number of allylic oxidation sites excluding steroid dienone is 1. The Hall–Kier alpha value is -3.00. The molecule has 8 heteroatoms. The van der Waals surface area contributed by atoms with Gasteiger partial charge in [-0.05, 0) is 50.0 Å². The van der Waals surface area contributed by atoms with E-state index in [2.05, 4.69) is 15.3 Å². The molecule has 0 unspecified atom stereocenters. The highest BCUT2D eigenvalue weighted by Gasteiger charge is 2.29. The number of rotatable bonds is 5. The van der Waals surface area contributed by atoms with Crippen molar-refractivity contribution in [2.24, 2.45) is 0 Å². The predicted molar refractivity (Wildman–Crippen MR) is 121 cm³/mol. The molecule has 2 aliphatic rings. The fourth-order valence-corrected chi connectivity index (χ4v) is 4.65. The zero-order valence-corrected chi connectivity index (χ0v) is 17.9. The smallest absolute Gasteiger partial charge is 0.253 e. The Bertz CT molecular complexity index is 1050. The minimum Gasteiger partial charge on any atom is -0.365 e. The molecule has 3 N–H and O–H groups in total. The van der Waals surface area contributed by atoms with Gasteiger partial charge in [-0.1, -0.05) is 23.9 Å². The molecule has 0 aliphatic carbocycles. The number of likely N-dealkylation sites (tertiary alicyclic amines) is 1. The van der Waals surface area contributed by atoms with Crippen LogP contribution in [0.1, 0.15) is 48.3 Å². The lowest BCUT2D eigenvalue weighted by molar-refractivity contribution is 0.0793. The van der Waals surface area contributed by atoms with Crippen LogP contribution in [0.5, 0.6) is 0 Å². The molecule has 154 valence electrons. The summed E-state index contributed by atoms with van der Waals surface area (Å²) in [5.74, 6) is 0.782. The lowest BCUT2D eigenvalue weighted by Gasteiger charge is -2.15. The number of hydrogen-bond acceptors (Lipinski definition) is 7. The van der Waals surface area contributed by atoms with Crippen molar-refractivity contribution in [2.75, 3.05) is 18.4 Å². The van der Waals surface area contributed by atoms with E-state index in [0.29, 0.717) is 34.4 Å². The summed E-state index contributed by atoms with van der Waals surface area (Å²) < 4.78 is 0. The van der Waals surface area contributed by atoms with Crippen LogP contribution in [0.15, 0.2) is 41.1 Å². The number of carbonyl (C=O) groups is 1. The van der Waals surface area contributed by atoms with E-state index in [4.69, 9.17) is 10.8 Å². The van der Waals surface area contributed by atoms with Crippen molar-refractivity contribution in [3.05, 3.63) is 53.0 Å². The fourth-order valence-electron chi connectivity index (χ4n) is 3.62. The third kappa shape index (κ3) is 3.87. The first-order valence-electron chi connectivity index (χ1n) is 9.96. The third-order valence-corrected chi connectivity index (χ3v) is 6.46. The van der Waals surface area contributed by atoms with Crippen LogP contribution in [0.4, 0.5) is 5.82 Å². The van der Waals surface area contributed by atoms with Gasteiger partial charge in [0.05, 0.1) is 10.6 Å². The molecule has 3 heterocycles. The van der Waals surface area contributed by atoms with Crippen molar-refractivity contribution in [2.45, 2.75) is 38.1 Å². The molecule has 0 spiro atoms. The van der Waals surface area contributed by atoms with Gasteiger partial charge >= 0.3 is 0 Å². The first-order valence-corrected chi connectivity index (χ1v) is 10.8. The molecule has 1 aromatic heterocycles. The summed E-state index contributed by atoms with van der Waals surface area (Å²) in [5.41, 5.74) is 4.37. The molecule has 1 fully saturated rings. The molecule has 4 rings (SSSR count). The molecule has 2 aromatic rings. The highest BCUT2D eigenvalue weighted by atomic mass is 32.2. The summed E-state index contributed by atoms with van der Waals surface area (Å²) in [5, 5.41) is 19.9. The summed E-state index contributed by atoms with van der Waals surface area (Å²) in [6.45, 7) is 5.82. The van der Waals surface area contributed by atoms with E-state index in [1.54, 1.807) is 6.92 Å². The molecule has 0 radical (unpaired) electrons. The van der Waals surface area contributed by atoms with Gasteiger partial charge in [0.1, 0.15) is 17.2 Å². The van der Waals surface area contributed by atoms with E-state index >= 15 is 0 Å². The molecule has 7 nitrogen and oxygen atoms in total. The van der Waals surface area contributed by atoms with E-state index < -0.39 is 0 Å². The second-order valence-corrected chi connectivity index (χ2v) is 8.53. The Balaban J connectivity index is 1.49. The van der Waals surface area contributed by atoms with Gasteiger partial charge < -0.3 is 15.6 Å². The Labute approximate surface area is 180 Å². The Morgan fingerprint density at radius 2 is 1.87 bits per heavy atom. The number of nitrogens with one attached hydrogen (secondary N) is 3. The highest BCUT2D eigenvalue weighted by Crippen LogP contribution is 2.44. The van der Waals surface area contributed by atoms with Gasteiger partial charge in [-0.15, -0.1) is 0 Å². The van der Waals surface area contributed by atoms with Crippen LogP contribution in [0, 0.1) is 10.8 Å². The topological polar surface area (TPSA) is 106 Å². The number of benzene rings is 1. The standard InChI is InChI=1S/C22H24N6OS/c1-13(14(2)23)17-18-19(30-20(17)24)21(27-12-26-18)25-11-15-5-7-16(8-6-15)22(29)28-9-3-4-10-28/h5-8,12,23-24H,3-4,9-11H2,1-2H3,(H,25,26,27)/b17-13-,23-14?,24-20?. The molecule has 2 aliphatic heterocycles. The van der Waals surface area contributed by atoms with Crippen molar-refractivity contribution in [3.63, 3.8) is 0 Å². The van der Waals surface area contributed by atoms with E-state index in [0.717, 1.165) is 47.5 Å². The Kier molecular flexibility index (Phi) is 5.67. The maximum Gasteiger partial charge on any atom is 0.253 e. The van der Waals surface area contributed by atoms with Gasteiger partial charge in [-0.25, -0.2) is 9.97 Å². The van der Waals surface area contributed by atoms with Gasteiger partial charge in [-0.3, -0.25) is 10.2 Å². The van der Waals surface area contributed by atoms with Gasteiger partial charge in [-0.2, -0.15) is 0 Å². The van der Waals surface area contributed by atoms with Crippen molar-refractivity contribution < 1.29 is 4.79 Å². The number of aromatic nitrogens is 2. The van der Waals surface area contributed by atoms with Crippen LogP contribution in [0.25, 0.3) is 5.57 Å². The monoisotopic (exact) mass is 420 g/mol. The summed E-state index contributed by atoms with van der Waals surface area (Å²) in [7, 11) is 0. The van der Waals surface area contributed by atoms with Crippen LogP contribution < -0.4 is 5.32 Å². The Morgan fingerprint density at radius 3 is 2.53 bits per heavy atom. The quantitative estimate of drug-likeness (QED) is 0.628. The lowest BCUT2D eigenvalue weighted by atomic mass is 10.0. The zero-order valence-electron chi connectivity index (χ0n) is 17.1.